The molecule has 1 aliphatic carbocycles. The Kier molecular flexibility index (Phi) is 6.88. The molecule has 0 amide bonds. The van der Waals surface area contributed by atoms with E-state index in [0.717, 1.165) is 21.0 Å². The van der Waals surface area contributed by atoms with Gasteiger partial charge in [-0.05, 0) is 60.5 Å². The van der Waals surface area contributed by atoms with Gasteiger partial charge in [-0.1, -0.05) is 48.0 Å². The zero-order valence-corrected chi connectivity index (χ0v) is 22.4. The Hall–Kier alpha value is -2.79. The van der Waals surface area contributed by atoms with E-state index in [-0.39, 0.29) is 11.3 Å². The average molecular weight is 579 g/mol. The fourth-order valence-corrected chi connectivity index (χ4v) is 6.83. The summed E-state index contributed by atoms with van der Waals surface area (Å²) in [6.45, 7) is 0.708. The number of aromatic nitrogens is 1. The van der Waals surface area contributed by atoms with E-state index in [0.29, 0.717) is 35.9 Å². The van der Waals surface area contributed by atoms with Crippen molar-refractivity contribution in [3.8, 4) is 11.3 Å². The molecule has 2 aromatic heterocycles. The molecule has 2 heterocycles. The number of benzene rings is 2. The largest absolute Gasteiger partial charge is 0.421 e. The summed E-state index contributed by atoms with van der Waals surface area (Å²) in [4.78, 5) is 5.04. The summed E-state index contributed by atoms with van der Waals surface area (Å²) in [5.41, 5.74) is -1.84. The quantitative estimate of drug-likeness (QED) is 0.238. The predicted octanol–water partition coefficient (Wildman–Crippen LogP) is 7.08. The highest BCUT2D eigenvalue weighted by Gasteiger charge is 2.51. The number of fused-ring (bicyclic) bond motifs is 1. The van der Waals surface area contributed by atoms with Crippen LogP contribution >= 0.6 is 22.9 Å². The molecule has 5 rings (SSSR count). The van der Waals surface area contributed by atoms with Gasteiger partial charge in [0.1, 0.15) is 0 Å². The second-order valence-electron chi connectivity index (χ2n) is 9.34. The molecular weight excluding hydrogens is 557 g/mol. The minimum atomic E-state index is -4.87. The summed E-state index contributed by atoms with van der Waals surface area (Å²) >= 11 is 7.84. The summed E-state index contributed by atoms with van der Waals surface area (Å²) in [6.07, 6.45) is -1.04. The lowest BCUT2D eigenvalue weighted by Crippen LogP contribution is -2.39. The molecule has 4 aromatic rings. The molecule has 38 heavy (non-hydrogen) atoms. The molecule has 5 nitrogen and oxygen atoms in total. The molecule has 2 aromatic carbocycles. The highest BCUT2D eigenvalue weighted by molar-refractivity contribution is 7.91. The van der Waals surface area contributed by atoms with E-state index in [1.807, 2.05) is 12.1 Å². The number of thiophene rings is 1. The highest BCUT2D eigenvalue weighted by atomic mass is 35.5. The molecule has 0 radical (unpaired) electrons. The maximum absolute atomic E-state index is 13.5. The molecule has 1 fully saturated rings. The van der Waals surface area contributed by atoms with Crippen molar-refractivity contribution in [3.63, 3.8) is 0 Å². The van der Waals surface area contributed by atoms with Gasteiger partial charge >= 0.3 is 6.18 Å². The molecule has 1 saturated carbocycles. The molecule has 1 aliphatic rings. The number of hydrogen-bond donors (Lipinski definition) is 1. The molecule has 0 spiro atoms. The molecule has 1 unspecified atom stereocenters. The van der Waals surface area contributed by atoms with Crippen LogP contribution in [0.3, 0.4) is 0 Å². The van der Waals surface area contributed by atoms with Crippen molar-refractivity contribution in [1.29, 1.82) is 0 Å². The molecule has 0 bridgehead atoms. The fraction of sp³-hybridized carbons (Fsp3) is 0.259. The maximum Gasteiger partial charge on any atom is 0.421 e. The fourth-order valence-electron chi connectivity index (χ4n) is 4.11. The molecule has 2 atom stereocenters. The third-order valence-electron chi connectivity index (χ3n) is 6.56. The van der Waals surface area contributed by atoms with Crippen LogP contribution in [-0.2, 0) is 15.6 Å². The van der Waals surface area contributed by atoms with Crippen molar-refractivity contribution >= 4 is 49.3 Å². The molecule has 0 aliphatic heterocycles. The van der Waals surface area contributed by atoms with E-state index in [9.17, 15) is 26.7 Å². The summed E-state index contributed by atoms with van der Waals surface area (Å²) in [5, 5.41) is 11.0. The van der Waals surface area contributed by atoms with Crippen LogP contribution in [0.25, 0.3) is 21.3 Å². The van der Waals surface area contributed by atoms with Crippen molar-refractivity contribution in [1.82, 2.24) is 4.98 Å². The van der Waals surface area contributed by atoms with Gasteiger partial charge in [-0.3, -0.25) is 4.98 Å². The Morgan fingerprint density at radius 2 is 1.87 bits per heavy atom. The van der Waals surface area contributed by atoms with Crippen molar-refractivity contribution in [3.05, 3.63) is 87.9 Å². The van der Waals surface area contributed by atoms with Crippen LogP contribution < -0.4 is 0 Å². The third kappa shape index (κ3) is 5.10. The summed E-state index contributed by atoms with van der Waals surface area (Å²) in [7, 11) is -3.62. The second kappa shape index (κ2) is 9.75. The molecular formula is C27H22ClF3N2O3S2. The minimum absolute atomic E-state index is 0.269. The Bertz CT molecular complexity index is 1640. The van der Waals surface area contributed by atoms with Crippen LogP contribution in [0.2, 0.25) is 5.02 Å². The van der Waals surface area contributed by atoms with Crippen molar-refractivity contribution < 1.29 is 26.7 Å². The number of rotatable bonds is 7. The van der Waals surface area contributed by atoms with Crippen LogP contribution in [-0.4, -0.2) is 36.1 Å². The molecule has 1 N–H and O–H groups in total. The van der Waals surface area contributed by atoms with Gasteiger partial charge in [0.25, 0.3) is 10.0 Å². The van der Waals surface area contributed by atoms with Crippen molar-refractivity contribution in [2.45, 2.75) is 42.7 Å². The molecule has 198 valence electrons. The van der Waals surface area contributed by atoms with E-state index < -0.39 is 33.0 Å². The highest BCUT2D eigenvalue weighted by Crippen LogP contribution is 2.42. The molecule has 11 heteroatoms. The second-order valence-corrected chi connectivity index (χ2v) is 12.7. The lowest BCUT2D eigenvalue weighted by atomic mass is 9.94. The SMILES string of the molecule is C[C@@](O)(c1ccnc(-c2cccc3cc(C(/C=N/S(=O)(=O)C4CC4)c4ccccc4Cl)sc23)c1)C(F)(F)F. The first-order valence-electron chi connectivity index (χ1n) is 11.7. The number of alkyl halides is 3. The zero-order chi connectivity index (χ0) is 27.3. The maximum atomic E-state index is 13.5. The Labute approximate surface area is 226 Å². The summed E-state index contributed by atoms with van der Waals surface area (Å²) in [5.74, 6) is -0.562. The Morgan fingerprint density at radius 1 is 1.13 bits per heavy atom. The van der Waals surface area contributed by atoms with Gasteiger partial charge in [0.15, 0.2) is 5.60 Å². The number of aliphatic hydroxyl groups is 1. The lowest BCUT2D eigenvalue weighted by Gasteiger charge is -2.26. The number of sulfonamides is 1. The number of hydrogen-bond acceptors (Lipinski definition) is 5. The van der Waals surface area contributed by atoms with Gasteiger partial charge in [-0.2, -0.15) is 17.6 Å². The van der Waals surface area contributed by atoms with Crippen LogP contribution in [0, 0.1) is 0 Å². The standard InChI is InChI=1S/C27H22ClF3N2O3S2/c1-26(34,27(29,30)31)17-11-12-32-23(14-17)20-7-4-5-16-13-24(37-25(16)20)21(19-6-2-3-8-22(19)28)15-33-38(35,36)18-9-10-18/h2-8,11-15,18,21,34H,9-10H2,1H3/b33-15+/t21?,26-/m1/s1. The van der Waals surface area contributed by atoms with Crippen LogP contribution in [0.1, 0.15) is 41.7 Å². The van der Waals surface area contributed by atoms with E-state index in [4.69, 9.17) is 11.6 Å². The summed E-state index contributed by atoms with van der Waals surface area (Å²) in [6, 6.07) is 16.7. The monoisotopic (exact) mass is 578 g/mol. The first kappa shape index (κ1) is 26.8. The van der Waals surface area contributed by atoms with E-state index >= 15 is 0 Å². The van der Waals surface area contributed by atoms with Crippen LogP contribution in [0.5, 0.6) is 0 Å². The minimum Gasteiger partial charge on any atom is -0.376 e. The first-order valence-corrected chi connectivity index (χ1v) is 14.4. The van der Waals surface area contributed by atoms with Crippen molar-refractivity contribution in [2.75, 3.05) is 0 Å². The van der Waals surface area contributed by atoms with Crippen LogP contribution in [0.4, 0.5) is 13.2 Å². The zero-order valence-electron chi connectivity index (χ0n) is 20.0. The number of nitrogens with zero attached hydrogens (tertiary/aromatic N) is 2. The average Bonchev–Trinajstić information content (AvgIpc) is 3.65. The van der Waals surface area contributed by atoms with E-state index in [1.165, 1.54) is 29.8 Å². The van der Waals surface area contributed by atoms with Gasteiger partial charge in [0.2, 0.25) is 0 Å². The number of pyridine rings is 1. The molecule has 0 saturated heterocycles. The van der Waals surface area contributed by atoms with E-state index in [2.05, 4.69) is 9.38 Å². The first-order chi connectivity index (χ1) is 17.9. The van der Waals surface area contributed by atoms with Gasteiger partial charge in [-0.15, -0.1) is 11.3 Å². The van der Waals surface area contributed by atoms with Crippen LogP contribution in [0.15, 0.2) is 71.3 Å². The van der Waals surface area contributed by atoms with Gasteiger partial charge in [-0.25, -0.2) is 8.42 Å². The smallest absolute Gasteiger partial charge is 0.376 e. The Morgan fingerprint density at radius 3 is 2.55 bits per heavy atom. The lowest BCUT2D eigenvalue weighted by molar-refractivity contribution is -0.258. The normalized spacial score (nSPS) is 17.1. The van der Waals surface area contributed by atoms with Gasteiger partial charge < -0.3 is 5.11 Å². The van der Waals surface area contributed by atoms with E-state index in [1.54, 1.807) is 36.4 Å². The van der Waals surface area contributed by atoms with Gasteiger partial charge in [0.05, 0.1) is 16.9 Å². The Balaban J connectivity index is 1.62. The van der Waals surface area contributed by atoms with Crippen molar-refractivity contribution in [2.24, 2.45) is 4.40 Å². The third-order valence-corrected chi connectivity index (χ3v) is 9.90. The number of halogens is 4. The van der Waals surface area contributed by atoms with Gasteiger partial charge in [0, 0.05) is 32.6 Å². The summed E-state index contributed by atoms with van der Waals surface area (Å²) < 4.78 is 70.1. The predicted molar refractivity (Wildman–Crippen MR) is 144 cm³/mol. The topological polar surface area (TPSA) is 79.6 Å².